The van der Waals surface area contributed by atoms with Crippen LogP contribution in [0.4, 0.5) is 4.79 Å². The number of ether oxygens (including phenoxy) is 2. The molecule has 1 N–H and O–H groups in total. The third-order valence-corrected chi connectivity index (χ3v) is 0.752. The van der Waals surface area contributed by atoms with Crippen LogP contribution in [0.1, 0.15) is 13.8 Å². The van der Waals surface area contributed by atoms with E-state index in [4.69, 9.17) is 0 Å². The van der Waals surface area contributed by atoms with Crippen LogP contribution in [0.5, 0.6) is 0 Å². The van der Waals surface area contributed by atoms with E-state index < -0.39 is 12.1 Å². The topological polar surface area (TPSA) is 73.9 Å². The summed E-state index contributed by atoms with van der Waals surface area (Å²) in [5, 5.41) is 0. The molecular formula is C6H11NO5. The van der Waals surface area contributed by atoms with E-state index in [0.29, 0.717) is 0 Å². The van der Waals surface area contributed by atoms with Crippen LogP contribution in [-0.2, 0) is 19.1 Å². The van der Waals surface area contributed by atoms with Gasteiger partial charge >= 0.3 is 12.1 Å². The van der Waals surface area contributed by atoms with Crippen LogP contribution in [0.2, 0.25) is 0 Å². The number of carbonyl (C=O) groups excluding carboxylic acids is 2. The molecule has 6 nitrogen and oxygen atoms in total. The number of rotatable bonds is 4. The van der Waals surface area contributed by atoms with Gasteiger partial charge in [-0.25, -0.2) is 9.63 Å². The van der Waals surface area contributed by atoms with Gasteiger partial charge in [-0.1, -0.05) is 0 Å². The maximum Gasteiger partial charge on any atom is 0.431 e. The van der Waals surface area contributed by atoms with E-state index in [0.717, 1.165) is 0 Å². The molecular weight excluding hydrogens is 166 g/mol. The summed E-state index contributed by atoms with van der Waals surface area (Å²) in [7, 11) is 0. The molecule has 0 heterocycles. The second-order valence-corrected chi connectivity index (χ2v) is 1.72. The van der Waals surface area contributed by atoms with Crippen molar-refractivity contribution in [1.82, 2.24) is 5.48 Å². The molecule has 0 bridgehead atoms. The number of amides is 1. The first-order valence-corrected chi connectivity index (χ1v) is 3.34. The van der Waals surface area contributed by atoms with E-state index >= 15 is 0 Å². The number of esters is 1. The van der Waals surface area contributed by atoms with E-state index in [9.17, 15) is 9.59 Å². The van der Waals surface area contributed by atoms with Crippen LogP contribution in [0.25, 0.3) is 0 Å². The van der Waals surface area contributed by atoms with Gasteiger partial charge in [0.15, 0.2) is 0 Å². The van der Waals surface area contributed by atoms with Crippen molar-refractivity contribution in [2.75, 3.05) is 13.4 Å². The smallest absolute Gasteiger partial charge is 0.431 e. The fourth-order valence-corrected chi connectivity index (χ4v) is 0.361. The summed E-state index contributed by atoms with van der Waals surface area (Å²) in [6.45, 7) is 2.82. The van der Waals surface area contributed by atoms with E-state index in [1.807, 2.05) is 5.48 Å². The minimum Gasteiger partial charge on any atom is -0.448 e. The average molecular weight is 177 g/mol. The number of hydrogen-bond donors (Lipinski definition) is 1. The van der Waals surface area contributed by atoms with Crippen molar-refractivity contribution in [2.24, 2.45) is 0 Å². The molecule has 0 aromatic carbocycles. The number of carbonyl (C=O) groups is 2. The van der Waals surface area contributed by atoms with E-state index in [-0.39, 0.29) is 13.4 Å². The molecule has 70 valence electrons. The van der Waals surface area contributed by atoms with Crippen LogP contribution >= 0.6 is 0 Å². The summed E-state index contributed by atoms with van der Waals surface area (Å²) in [5.74, 6) is -0.486. The molecule has 12 heavy (non-hydrogen) atoms. The average Bonchev–Trinajstić information content (AvgIpc) is 1.98. The largest absolute Gasteiger partial charge is 0.448 e. The fraction of sp³-hybridized carbons (Fsp3) is 0.667. The lowest BCUT2D eigenvalue weighted by atomic mass is 10.8. The first-order valence-electron chi connectivity index (χ1n) is 3.34. The molecule has 0 rings (SSSR count). The summed E-state index contributed by atoms with van der Waals surface area (Å²) >= 11 is 0. The number of hydroxylamine groups is 1. The highest BCUT2D eigenvalue weighted by atomic mass is 16.8. The SMILES string of the molecule is CCOC(=O)NOCOC(C)=O. The van der Waals surface area contributed by atoms with Gasteiger partial charge in [-0.2, -0.15) is 5.48 Å². The predicted octanol–water partition coefficient (Wildman–Crippen LogP) is 0.185. The lowest BCUT2D eigenvalue weighted by molar-refractivity contribution is -0.158. The molecule has 0 fully saturated rings. The molecule has 0 aliphatic heterocycles. The number of hydrogen-bond acceptors (Lipinski definition) is 5. The first-order chi connectivity index (χ1) is 5.66. The predicted molar refractivity (Wildman–Crippen MR) is 37.9 cm³/mol. The van der Waals surface area contributed by atoms with Gasteiger partial charge < -0.3 is 9.47 Å². The Morgan fingerprint density at radius 2 is 2.00 bits per heavy atom. The Labute approximate surface area is 69.7 Å². The molecule has 0 aromatic heterocycles. The molecule has 0 radical (unpaired) electrons. The minimum absolute atomic E-state index is 0.253. The van der Waals surface area contributed by atoms with Gasteiger partial charge in [0.05, 0.1) is 6.61 Å². The molecule has 0 unspecified atom stereocenters. The summed E-state index contributed by atoms with van der Waals surface area (Å²) in [5.41, 5.74) is 1.90. The normalized spacial score (nSPS) is 8.83. The molecule has 0 spiro atoms. The lowest BCUT2D eigenvalue weighted by Gasteiger charge is -2.04. The highest BCUT2D eigenvalue weighted by Gasteiger charge is 1.99. The van der Waals surface area contributed by atoms with Crippen molar-refractivity contribution in [3.8, 4) is 0 Å². The lowest BCUT2D eigenvalue weighted by Crippen LogP contribution is -2.26. The van der Waals surface area contributed by atoms with Crippen LogP contribution in [-0.4, -0.2) is 25.5 Å². The van der Waals surface area contributed by atoms with Crippen molar-refractivity contribution in [2.45, 2.75) is 13.8 Å². The van der Waals surface area contributed by atoms with Gasteiger partial charge in [0, 0.05) is 6.92 Å². The Bertz CT molecular complexity index is 158. The van der Waals surface area contributed by atoms with Crippen molar-refractivity contribution in [1.29, 1.82) is 0 Å². The standard InChI is InChI=1S/C6H11NO5/c1-3-10-6(9)7-12-4-11-5(2)8/h3-4H2,1-2H3,(H,7,9). The van der Waals surface area contributed by atoms with E-state index in [1.54, 1.807) is 6.92 Å². The fourth-order valence-electron chi connectivity index (χ4n) is 0.361. The zero-order valence-corrected chi connectivity index (χ0v) is 6.96. The van der Waals surface area contributed by atoms with Crippen molar-refractivity contribution in [3.63, 3.8) is 0 Å². The van der Waals surface area contributed by atoms with E-state index in [2.05, 4.69) is 14.3 Å². The molecule has 0 saturated carbocycles. The summed E-state index contributed by atoms with van der Waals surface area (Å²) in [4.78, 5) is 25.0. The van der Waals surface area contributed by atoms with Crippen LogP contribution in [0.15, 0.2) is 0 Å². The Morgan fingerprint density at radius 1 is 1.33 bits per heavy atom. The summed E-state index contributed by atoms with van der Waals surface area (Å²) < 4.78 is 8.77. The highest BCUT2D eigenvalue weighted by Crippen LogP contribution is 1.79. The monoisotopic (exact) mass is 177 g/mol. The minimum atomic E-state index is -0.718. The van der Waals surface area contributed by atoms with Crippen molar-refractivity contribution in [3.05, 3.63) is 0 Å². The molecule has 0 aliphatic carbocycles. The number of nitrogens with one attached hydrogen (secondary N) is 1. The maximum atomic E-state index is 10.5. The van der Waals surface area contributed by atoms with Gasteiger partial charge in [0.25, 0.3) is 0 Å². The highest BCUT2D eigenvalue weighted by molar-refractivity contribution is 5.66. The zero-order chi connectivity index (χ0) is 9.40. The van der Waals surface area contributed by atoms with Crippen LogP contribution in [0, 0.1) is 0 Å². The Hall–Kier alpha value is -1.30. The van der Waals surface area contributed by atoms with Gasteiger partial charge in [-0.05, 0) is 6.92 Å². The van der Waals surface area contributed by atoms with Crippen molar-refractivity contribution >= 4 is 12.1 Å². The van der Waals surface area contributed by atoms with E-state index in [1.165, 1.54) is 6.92 Å². The first kappa shape index (κ1) is 10.7. The van der Waals surface area contributed by atoms with Gasteiger partial charge in [0.1, 0.15) is 0 Å². The van der Waals surface area contributed by atoms with Gasteiger partial charge in [-0.15, -0.1) is 0 Å². The van der Waals surface area contributed by atoms with Crippen LogP contribution < -0.4 is 5.48 Å². The molecule has 0 saturated heterocycles. The molecule has 6 heteroatoms. The Morgan fingerprint density at radius 3 is 2.50 bits per heavy atom. The Kier molecular flexibility index (Phi) is 5.72. The van der Waals surface area contributed by atoms with Crippen LogP contribution in [0.3, 0.4) is 0 Å². The molecule has 0 atom stereocenters. The van der Waals surface area contributed by atoms with Crippen molar-refractivity contribution < 1.29 is 23.9 Å². The third-order valence-electron chi connectivity index (χ3n) is 0.752. The van der Waals surface area contributed by atoms with Gasteiger partial charge in [0.2, 0.25) is 6.79 Å². The second-order valence-electron chi connectivity index (χ2n) is 1.72. The molecule has 0 aromatic rings. The molecule has 0 aliphatic rings. The third kappa shape index (κ3) is 6.81. The summed E-state index contributed by atoms with van der Waals surface area (Å²) in [6.07, 6.45) is -0.718. The zero-order valence-electron chi connectivity index (χ0n) is 6.96. The quantitative estimate of drug-likeness (QED) is 0.287. The summed E-state index contributed by atoms with van der Waals surface area (Å²) in [6, 6.07) is 0. The second kappa shape index (κ2) is 6.41. The maximum absolute atomic E-state index is 10.5. The Balaban J connectivity index is 3.19. The molecule has 1 amide bonds. The van der Waals surface area contributed by atoms with Gasteiger partial charge in [-0.3, -0.25) is 4.79 Å².